The van der Waals surface area contributed by atoms with Crippen molar-refractivity contribution < 1.29 is 19.1 Å². The fraction of sp³-hybridized carbons (Fsp3) is 0.242. The minimum absolute atomic E-state index is 0.218. The maximum atomic E-state index is 14.5. The van der Waals surface area contributed by atoms with Crippen LogP contribution < -0.4 is 9.64 Å². The average Bonchev–Trinajstić information content (AvgIpc) is 3.59. The lowest BCUT2D eigenvalue weighted by atomic mass is 9.87. The molecule has 0 aliphatic carbocycles. The predicted octanol–water partition coefficient (Wildman–Crippen LogP) is 4.15. The van der Waals surface area contributed by atoms with Gasteiger partial charge in [-0.25, -0.2) is 4.90 Å². The number of amides is 3. The van der Waals surface area contributed by atoms with Gasteiger partial charge < -0.3 is 4.74 Å². The number of ether oxygens (including phenoxy) is 1. The van der Waals surface area contributed by atoms with E-state index < -0.39 is 36.0 Å². The van der Waals surface area contributed by atoms with Crippen LogP contribution in [0.4, 0.5) is 5.69 Å². The summed E-state index contributed by atoms with van der Waals surface area (Å²) in [7, 11) is 1.60. The summed E-state index contributed by atoms with van der Waals surface area (Å²) in [6.45, 7) is 8.74. The number of para-hydroxylation sites is 1. The summed E-state index contributed by atoms with van der Waals surface area (Å²) in [4.78, 5) is 46.2. The first-order valence-corrected chi connectivity index (χ1v) is 13.7. The van der Waals surface area contributed by atoms with Gasteiger partial charge in [-0.3, -0.25) is 24.3 Å². The molecule has 3 saturated heterocycles. The van der Waals surface area contributed by atoms with Gasteiger partial charge in [0.25, 0.3) is 11.8 Å². The van der Waals surface area contributed by atoms with Crippen molar-refractivity contribution in [1.82, 2.24) is 14.9 Å². The van der Waals surface area contributed by atoms with E-state index in [0.29, 0.717) is 24.5 Å². The van der Waals surface area contributed by atoms with E-state index >= 15 is 0 Å². The molecule has 8 heteroatoms. The van der Waals surface area contributed by atoms with Crippen molar-refractivity contribution in [3.8, 4) is 5.75 Å². The maximum absolute atomic E-state index is 14.5. The highest BCUT2D eigenvalue weighted by molar-refractivity contribution is 6.25. The molecule has 6 rings (SSSR count). The van der Waals surface area contributed by atoms with Crippen LogP contribution >= 0.6 is 0 Å². The van der Waals surface area contributed by atoms with Gasteiger partial charge in [0, 0.05) is 13.1 Å². The molecule has 3 fully saturated rings. The summed E-state index contributed by atoms with van der Waals surface area (Å²) in [5.41, 5.74) is 2.25. The van der Waals surface area contributed by atoms with Crippen molar-refractivity contribution in [2.24, 2.45) is 5.92 Å². The van der Waals surface area contributed by atoms with Gasteiger partial charge in [0.2, 0.25) is 5.91 Å². The molecule has 3 amide bonds. The van der Waals surface area contributed by atoms with E-state index in [4.69, 9.17) is 4.74 Å². The van der Waals surface area contributed by atoms with Gasteiger partial charge in [-0.2, -0.15) is 5.01 Å². The largest absolute Gasteiger partial charge is 0.497 e. The predicted molar refractivity (Wildman–Crippen MR) is 156 cm³/mol. The van der Waals surface area contributed by atoms with Crippen molar-refractivity contribution in [3.05, 3.63) is 121 Å². The number of carbonyl (C=O) groups excluding carboxylic acids is 3. The van der Waals surface area contributed by atoms with Crippen molar-refractivity contribution >= 4 is 23.4 Å². The second-order valence-corrected chi connectivity index (χ2v) is 10.4. The molecular formula is C33H32N4O4. The van der Waals surface area contributed by atoms with Crippen LogP contribution in [-0.4, -0.2) is 64.9 Å². The maximum Gasteiger partial charge on any atom is 0.259 e. The zero-order valence-corrected chi connectivity index (χ0v) is 22.9. The summed E-state index contributed by atoms with van der Waals surface area (Å²) >= 11 is 0. The van der Waals surface area contributed by atoms with Gasteiger partial charge in [-0.1, -0.05) is 72.8 Å². The highest BCUT2D eigenvalue weighted by Crippen LogP contribution is 2.55. The van der Waals surface area contributed by atoms with Crippen LogP contribution in [0.5, 0.6) is 5.75 Å². The number of hydrogen-bond acceptors (Lipinski definition) is 6. The van der Waals surface area contributed by atoms with Gasteiger partial charge in [-0.05, 0) is 35.4 Å². The van der Waals surface area contributed by atoms with Crippen molar-refractivity contribution in [2.75, 3.05) is 25.1 Å². The third-order valence-electron chi connectivity index (χ3n) is 8.25. The molecule has 0 saturated carbocycles. The SMILES string of the molecule is C=CCN(CC=C)[C@H]1C(=O)N2[C@@H]3C(=O)N(c4ccccc4)C(=O)[C@@H]3[C@H](c3ccc(OC)cc3)N2[C@@H]1c1ccccc1. The quantitative estimate of drug-likeness (QED) is 0.296. The van der Waals surface area contributed by atoms with E-state index in [0.717, 1.165) is 11.1 Å². The molecule has 0 radical (unpaired) electrons. The molecule has 0 unspecified atom stereocenters. The molecule has 0 bridgehead atoms. The topological polar surface area (TPSA) is 73.4 Å². The minimum Gasteiger partial charge on any atom is -0.497 e. The molecule has 208 valence electrons. The van der Waals surface area contributed by atoms with Crippen molar-refractivity contribution in [3.63, 3.8) is 0 Å². The van der Waals surface area contributed by atoms with Crippen molar-refractivity contribution in [1.29, 1.82) is 0 Å². The van der Waals surface area contributed by atoms with Crippen LogP contribution in [-0.2, 0) is 14.4 Å². The zero-order valence-electron chi connectivity index (χ0n) is 22.9. The second kappa shape index (κ2) is 10.8. The molecule has 5 atom stereocenters. The number of imide groups is 1. The highest BCUT2D eigenvalue weighted by Gasteiger charge is 2.69. The third-order valence-corrected chi connectivity index (χ3v) is 8.25. The number of rotatable bonds is 9. The molecular weight excluding hydrogens is 516 g/mol. The first-order valence-electron chi connectivity index (χ1n) is 13.7. The monoisotopic (exact) mass is 548 g/mol. The Labute approximate surface area is 239 Å². The molecule has 3 aliphatic rings. The Balaban J connectivity index is 1.54. The van der Waals surface area contributed by atoms with Gasteiger partial charge in [0.1, 0.15) is 17.8 Å². The lowest BCUT2D eigenvalue weighted by molar-refractivity contribution is -0.146. The zero-order chi connectivity index (χ0) is 28.7. The smallest absolute Gasteiger partial charge is 0.259 e. The molecule has 8 nitrogen and oxygen atoms in total. The van der Waals surface area contributed by atoms with Crippen LogP contribution in [0.1, 0.15) is 23.2 Å². The fourth-order valence-corrected chi connectivity index (χ4v) is 6.63. The summed E-state index contributed by atoms with van der Waals surface area (Å²) in [6, 6.07) is 23.6. The number of hydrazine groups is 1. The highest BCUT2D eigenvalue weighted by atomic mass is 16.5. The van der Waals surface area contributed by atoms with E-state index in [1.807, 2.05) is 70.6 Å². The number of carbonyl (C=O) groups is 3. The molecule has 3 heterocycles. The van der Waals surface area contributed by atoms with E-state index in [9.17, 15) is 14.4 Å². The summed E-state index contributed by atoms with van der Waals surface area (Å²) in [5, 5.41) is 3.56. The number of nitrogens with zero attached hydrogens (tertiary/aromatic N) is 4. The first kappa shape index (κ1) is 26.7. The Morgan fingerprint density at radius 3 is 1.90 bits per heavy atom. The van der Waals surface area contributed by atoms with Crippen LogP contribution in [0.25, 0.3) is 0 Å². The van der Waals surface area contributed by atoms with Crippen LogP contribution in [0, 0.1) is 5.92 Å². The molecule has 3 aromatic carbocycles. The number of anilines is 1. The lowest BCUT2D eigenvalue weighted by Crippen LogP contribution is -2.48. The molecule has 3 aliphatic heterocycles. The Kier molecular flexibility index (Phi) is 7.03. The number of benzene rings is 3. The van der Waals surface area contributed by atoms with E-state index in [1.165, 1.54) is 4.90 Å². The van der Waals surface area contributed by atoms with E-state index in [1.54, 1.807) is 48.5 Å². The Bertz CT molecular complexity index is 1470. The summed E-state index contributed by atoms with van der Waals surface area (Å²) in [5.74, 6) is -1.03. The van der Waals surface area contributed by atoms with Gasteiger partial charge in [-0.15, -0.1) is 13.2 Å². The second-order valence-electron chi connectivity index (χ2n) is 10.4. The Morgan fingerprint density at radius 1 is 0.732 bits per heavy atom. The first-order chi connectivity index (χ1) is 20.0. The van der Waals surface area contributed by atoms with Crippen LogP contribution in [0.2, 0.25) is 0 Å². The minimum atomic E-state index is -0.965. The van der Waals surface area contributed by atoms with Crippen molar-refractivity contribution in [2.45, 2.75) is 24.2 Å². The molecule has 0 spiro atoms. The van der Waals surface area contributed by atoms with Gasteiger partial charge in [0.15, 0.2) is 0 Å². The molecule has 3 aromatic rings. The van der Waals surface area contributed by atoms with E-state index in [2.05, 4.69) is 13.2 Å². The van der Waals surface area contributed by atoms with E-state index in [-0.39, 0.29) is 11.8 Å². The molecule has 0 aromatic heterocycles. The summed E-state index contributed by atoms with van der Waals surface area (Å²) < 4.78 is 5.40. The fourth-order valence-electron chi connectivity index (χ4n) is 6.63. The standard InChI is InChI=1S/C33H32N4O4/c1-4-20-34(21-5-2)30-28(22-12-8-6-9-13-22)36-27(23-16-18-25(41-3)19-17-23)26-29(37(36)33(30)40)32(39)35(31(26)38)24-14-10-7-11-15-24/h4-19,26-30H,1-2,20-21H2,3H3/t26-,27+,28-,29+,30-/m1/s1. The number of fused-ring (bicyclic) bond motifs is 3. The average molecular weight is 549 g/mol. The Morgan fingerprint density at radius 2 is 1.32 bits per heavy atom. The number of hydrogen-bond donors (Lipinski definition) is 0. The van der Waals surface area contributed by atoms with Crippen LogP contribution in [0.15, 0.2) is 110 Å². The molecule has 0 N–H and O–H groups in total. The third kappa shape index (κ3) is 4.18. The van der Waals surface area contributed by atoms with Gasteiger partial charge >= 0.3 is 0 Å². The van der Waals surface area contributed by atoms with Gasteiger partial charge in [0.05, 0.1) is 30.8 Å². The van der Waals surface area contributed by atoms with Crippen LogP contribution in [0.3, 0.4) is 0 Å². The molecule has 41 heavy (non-hydrogen) atoms. The Hall–Kier alpha value is -4.53. The normalized spacial score (nSPS) is 25.5. The summed E-state index contributed by atoms with van der Waals surface area (Å²) in [6.07, 6.45) is 3.53. The lowest BCUT2D eigenvalue weighted by Gasteiger charge is -2.36. The number of methoxy groups -OCH3 is 1.